The number of rotatable bonds is 10. The topological polar surface area (TPSA) is 94.9 Å². The van der Waals surface area contributed by atoms with Crippen molar-refractivity contribution in [2.45, 2.75) is 19.6 Å². The largest absolute Gasteiger partial charge is 0.475 e. The van der Waals surface area contributed by atoms with Crippen molar-refractivity contribution in [3.63, 3.8) is 0 Å². The number of hydrogen-bond donors (Lipinski definition) is 3. The lowest BCUT2D eigenvalue weighted by atomic mass is 10.2. The molecule has 0 saturated carbocycles. The van der Waals surface area contributed by atoms with E-state index < -0.39 is 6.10 Å². The number of carbonyl (C=O) groups is 1. The Hall–Kier alpha value is -2.48. The molecule has 26 heavy (non-hydrogen) atoms. The smallest absolute Gasteiger partial charge is 0.225 e. The summed E-state index contributed by atoms with van der Waals surface area (Å²) < 4.78 is 5.52. The maximum atomic E-state index is 12.0. The van der Waals surface area contributed by atoms with Gasteiger partial charge in [0, 0.05) is 26.1 Å². The maximum Gasteiger partial charge on any atom is 0.225 e. The molecule has 1 atom stereocenters. The fraction of sp³-hybridized carbons (Fsp3) is 0.368. The third kappa shape index (κ3) is 6.44. The molecule has 2 rings (SSSR count). The number of aliphatic hydroxyl groups excluding tert-OH is 2. The first-order chi connectivity index (χ1) is 12.6. The number of nitrogens with one attached hydrogen (secondary N) is 1. The number of pyridine rings is 1. The molecule has 0 aliphatic heterocycles. The van der Waals surface area contributed by atoms with Crippen molar-refractivity contribution in [1.29, 1.82) is 0 Å². The predicted molar refractivity (Wildman–Crippen MR) is 99.0 cm³/mol. The van der Waals surface area contributed by atoms with Crippen LogP contribution in [-0.2, 0) is 11.3 Å². The van der Waals surface area contributed by atoms with E-state index in [0.29, 0.717) is 31.3 Å². The number of nitrogens with zero attached hydrogens (tertiary/aromatic N) is 2. The highest BCUT2D eigenvalue weighted by Crippen LogP contribution is 2.19. The van der Waals surface area contributed by atoms with Crippen molar-refractivity contribution in [3.05, 3.63) is 54.1 Å². The van der Waals surface area contributed by atoms with Crippen molar-refractivity contribution in [2.24, 2.45) is 0 Å². The van der Waals surface area contributed by atoms with E-state index >= 15 is 0 Å². The second kappa shape index (κ2) is 10.5. The van der Waals surface area contributed by atoms with E-state index in [4.69, 9.17) is 9.84 Å². The lowest BCUT2D eigenvalue weighted by molar-refractivity contribution is -0.116. The molecule has 2 aromatic rings. The molecule has 1 aromatic heterocycles. The first kappa shape index (κ1) is 19.8. The molecule has 0 fully saturated rings. The monoisotopic (exact) mass is 359 g/mol. The highest BCUT2D eigenvalue weighted by molar-refractivity contribution is 5.90. The van der Waals surface area contributed by atoms with Crippen LogP contribution in [0.15, 0.2) is 48.5 Å². The third-order valence-corrected chi connectivity index (χ3v) is 3.64. The lowest BCUT2D eigenvalue weighted by Gasteiger charge is -2.21. The summed E-state index contributed by atoms with van der Waals surface area (Å²) in [5.74, 6) is 0.710. The predicted octanol–water partition coefficient (Wildman–Crippen LogP) is 0.956. The summed E-state index contributed by atoms with van der Waals surface area (Å²) in [4.78, 5) is 18.0. The Kier molecular flexibility index (Phi) is 8.01. The number of hydrogen-bond acceptors (Lipinski definition) is 6. The Labute approximate surface area is 153 Å². The molecule has 0 saturated heterocycles. The zero-order chi connectivity index (χ0) is 18.8. The lowest BCUT2D eigenvalue weighted by Crippen LogP contribution is -2.33. The number of aliphatic hydroxyl groups is 2. The molecule has 140 valence electrons. The van der Waals surface area contributed by atoms with Crippen molar-refractivity contribution < 1.29 is 19.7 Å². The molecule has 0 aliphatic rings. The van der Waals surface area contributed by atoms with E-state index in [-0.39, 0.29) is 19.1 Å². The van der Waals surface area contributed by atoms with Gasteiger partial charge < -0.3 is 20.3 Å². The van der Waals surface area contributed by atoms with Gasteiger partial charge in [0.1, 0.15) is 18.5 Å². The van der Waals surface area contributed by atoms with Gasteiger partial charge in [0.2, 0.25) is 11.8 Å². The van der Waals surface area contributed by atoms with E-state index in [9.17, 15) is 9.90 Å². The van der Waals surface area contributed by atoms with Gasteiger partial charge in [-0.05, 0) is 11.6 Å². The van der Waals surface area contributed by atoms with Gasteiger partial charge in [-0.25, -0.2) is 0 Å². The van der Waals surface area contributed by atoms with E-state index in [0.717, 1.165) is 5.56 Å². The fourth-order valence-corrected chi connectivity index (χ4v) is 2.34. The standard InChI is InChI=1S/C19H25N3O4/c1-15(24)22(13-16-6-3-2-4-7-16)18-8-5-9-19(21-18)26-14-17(25)12-20-10-11-23/h2-9,17,20,23,25H,10-14H2,1H3. The van der Waals surface area contributed by atoms with Crippen LogP contribution in [0.25, 0.3) is 0 Å². The number of anilines is 1. The minimum absolute atomic E-state index is 0.0134. The molecule has 1 unspecified atom stereocenters. The fourth-order valence-electron chi connectivity index (χ4n) is 2.34. The van der Waals surface area contributed by atoms with Crippen LogP contribution in [0.4, 0.5) is 5.82 Å². The van der Waals surface area contributed by atoms with Gasteiger partial charge >= 0.3 is 0 Å². The molecule has 0 spiro atoms. The van der Waals surface area contributed by atoms with Gasteiger partial charge in [-0.2, -0.15) is 4.98 Å². The second-order valence-electron chi connectivity index (χ2n) is 5.82. The summed E-state index contributed by atoms with van der Waals surface area (Å²) >= 11 is 0. The third-order valence-electron chi connectivity index (χ3n) is 3.64. The van der Waals surface area contributed by atoms with Crippen LogP contribution >= 0.6 is 0 Å². The Bertz CT molecular complexity index is 681. The van der Waals surface area contributed by atoms with Crippen molar-refractivity contribution >= 4 is 11.7 Å². The summed E-state index contributed by atoms with van der Waals surface area (Å²) in [5.41, 5.74) is 1.00. The van der Waals surface area contributed by atoms with Crippen LogP contribution in [0.1, 0.15) is 12.5 Å². The molecule has 0 radical (unpaired) electrons. The molecule has 0 aliphatic carbocycles. The van der Waals surface area contributed by atoms with Crippen molar-refractivity contribution in [1.82, 2.24) is 10.3 Å². The van der Waals surface area contributed by atoms with Gasteiger partial charge in [-0.3, -0.25) is 9.69 Å². The summed E-state index contributed by atoms with van der Waals surface area (Å²) in [5, 5.41) is 21.4. The molecule has 1 heterocycles. The zero-order valence-corrected chi connectivity index (χ0v) is 14.8. The van der Waals surface area contributed by atoms with Gasteiger partial charge in [-0.1, -0.05) is 36.4 Å². The van der Waals surface area contributed by atoms with Crippen LogP contribution in [0.5, 0.6) is 5.88 Å². The number of aromatic nitrogens is 1. The molecule has 7 nitrogen and oxygen atoms in total. The average Bonchev–Trinajstić information content (AvgIpc) is 2.65. The van der Waals surface area contributed by atoms with Crippen LogP contribution < -0.4 is 15.0 Å². The molecule has 3 N–H and O–H groups in total. The number of ether oxygens (including phenoxy) is 1. The minimum Gasteiger partial charge on any atom is -0.475 e. The molecule has 1 amide bonds. The Morgan fingerprint density at radius 1 is 1.23 bits per heavy atom. The first-order valence-electron chi connectivity index (χ1n) is 8.51. The van der Waals surface area contributed by atoms with Crippen LogP contribution in [-0.4, -0.2) is 53.5 Å². The van der Waals surface area contributed by atoms with Crippen LogP contribution in [0.2, 0.25) is 0 Å². The van der Waals surface area contributed by atoms with E-state index in [1.165, 1.54) is 6.92 Å². The normalized spacial score (nSPS) is 11.8. The molecular weight excluding hydrogens is 334 g/mol. The van der Waals surface area contributed by atoms with E-state index in [1.54, 1.807) is 23.1 Å². The van der Waals surface area contributed by atoms with Gasteiger partial charge in [0.05, 0.1) is 13.2 Å². The Morgan fingerprint density at radius 3 is 2.69 bits per heavy atom. The summed E-state index contributed by atoms with van der Waals surface area (Å²) in [7, 11) is 0. The summed E-state index contributed by atoms with van der Waals surface area (Å²) in [6.07, 6.45) is -0.722. The highest BCUT2D eigenvalue weighted by atomic mass is 16.5. The van der Waals surface area contributed by atoms with Crippen LogP contribution in [0, 0.1) is 0 Å². The van der Waals surface area contributed by atoms with Crippen LogP contribution in [0.3, 0.4) is 0 Å². The van der Waals surface area contributed by atoms with Crippen molar-refractivity contribution in [3.8, 4) is 5.88 Å². The SMILES string of the molecule is CC(=O)N(Cc1ccccc1)c1cccc(OCC(O)CNCCO)n1. The number of amides is 1. The average molecular weight is 359 g/mol. The maximum absolute atomic E-state index is 12.0. The highest BCUT2D eigenvalue weighted by Gasteiger charge is 2.14. The molecule has 0 bridgehead atoms. The molecule has 1 aromatic carbocycles. The van der Waals surface area contributed by atoms with Gasteiger partial charge in [-0.15, -0.1) is 0 Å². The van der Waals surface area contributed by atoms with Crippen molar-refractivity contribution in [2.75, 3.05) is 31.2 Å². The zero-order valence-electron chi connectivity index (χ0n) is 14.8. The van der Waals surface area contributed by atoms with E-state index in [2.05, 4.69) is 10.3 Å². The summed E-state index contributed by atoms with van der Waals surface area (Å²) in [6, 6.07) is 14.9. The number of benzene rings is 1. The Balaban J connectivity index is 2.00. The van der Waals surface area contributed by atoms with Gasteiger partial charge in [0.15, 0.2) is 0 Å². The molecular formula is C19H25N3O4. The molecule has 7 heteroatoms. The first-order valence-corrected chi connectivity index (χ1v) is 8.51. The Morgan fingerprint density at radius 2 is 2.00 bits per heavy atom. The van der Waals surface area contributed by atoms with Gasteiger partial charge in [0.25, 0.3) is 0 Å². The van der Waals surface area contributed by atoms with E-state index in [1.807, 2.05) is 30.3 Å². The quantitative estimate of drug-likeness (QED) is 0.547. The second-order valence-corrected chi connectivity index (χ2v) is 5.82. The number of carbonyl (C=O) groups excluding carboxylic acids is 1. The minimum atomic E-state index is -0.722. The summed E-state index contributed by atoms with van der Waals surface area (Å²) in [6.45, 7) is 2.72.